The predicted octanol–water partition coefficient (Wildman–Crippen LogP) is 1.92. The van der Waals surface area contributed by atoms with E-state index in [-0.39, 0.29) is 0 Å². The molecule has 1 saturated heterocycles. The topological polar surface area (TPSA) is 64.3 Å². The highest BCUT2D eigenvalue weighted by atomic mass is 16.4. The fourth-order valence-electron chi connectivity index (χ4n) is 2.42. The molecule has 1 atom stereocenters. The van der Waals surface area contributed by atoms with Crippen molar-refractivity contribution in [1.29, 1.82) is 5.26 Å². The first-order valence-electron chi connectivity index (χ1n) is 5.64. The number of nitrogens with zero attached hydrogens (tertiary/aromatic N) is 2. The van der Waals surface area contributed by atoms with Crippen LogP contribution in [0.3, 0.4) is 0 Å². The van der Waals surface area contributed by atoms with Crippen molar-refractivity contribution in [3.8, 4) is 6.07 Å². The fourth-order valence-corrected chi connectivity index (χ4v) is 2.42. The van der Waals surface area contributed by atoms with Crippen LogP contribution in [0.5, 0.6) is 0 Å². The molecule has 1 aliphatic rings. The van der Waals surface area contributed by atoms with E-state index < -0.39 is 12.0 Å². The molecule has 17 heavy (non-hydrogen) atoms. The average Bonchev–Trinajstić information content (AvgIpc) is 2.77. The first-order valence-corrected chi connectivity index (χ1v) is 5.64. The number of rotatable bonds is 2. The van der Waals surface area contributed by atoms with Crippen LogP contribution in [0.2, 0.25) is 0 Å². The van der Waals surface area contributed by atoms with Crippen molar-refractivity contribution in [3.63, 3.8) is 0 Å². The third-order valence-corrected chi connectivity index (χ3v) is 3.18. The number of anilines is 1. The number of carbonyl (C=O) groups is 1. The van der Waals surface area contributed by atoms with Gasteiger partial charge in [-0.05, 0) is 31.4 Å². The zero-order valence-electron chi connectivity index (χ0n) is 9.68. The Hall–Kier alpha value is -2.02. The van der Waals surface area contributed by atoms with Crippen LogP contribution in [0.4, 0.5) is 5.69 Å². The summed E-state index contributed by atoms with van der Waals surface area (Å²) in [6.45, 7) is 2.61. The molecule has 0 amide bonds. The quantitative estimate of drug-likeness (QED) is 0.843. The van der Waals surface area contributed by atoms with E-state index in [1.54, 1.807) is 6.07 Å². The SMILES string of the molecule is Cc1cccc(C#N)c1N1CCCC1C(=O)O. The molecule has 0 radical (unpaired) electrons. The second-order valence-electron chi connectivity index (χ2n) is 4.27. The minimum absolute atomic E-state index is 0.497. The van der Waals surface area contributed by atoms with E-state index in [9.17, 15) is 9.90 Å². The van der Waals surface area contributed by atoms with Gasteiger partial charge in [0.25, 0.3) is 0 Å². The lowest BCUT2D eigenvalue weighted by atomic mass is 10.1. The summed E-state index contributed by atoms with van der Waals surface area (Å²) in [5.41, 5.74) is 2.29. The minimum Gasteiger partial charge on any atom is -0.480 e. The highest BCUT2D eigenvalue weighted by molar-refractivity contribution is 5.81. The molecule has 0 spiro atoms. The smallest absolute Gasteiger partial charge is 0.326 e. The summed E-state index contributed by atoms with van der Waals surface area (Å²) in [4.78, 5) is 13.0. The molecule has 0 aliphatic carbocycles. The van der Waals surface area contributed by atoms with Crippen molar-refractivity contribution < 1.29 is 9.90 Å². The van der Waals surface area contributed by atoms with Crippen LogP contribution in [0.15, 0.2) is 18.2 Å². The summed E-state index contributed by atoms with van der Waals surface area (Å²) in [6.07, 6.45) is 1.50. The monoisotopic (exact) mass is 230 g/mol. The maximum absolute atomic E-state index is 11.2. The molecule has 0 bridgehead atoms. The van der Waals surface area contributed by atoms with Crippen LogP contribution in [0, 0.1) is 18.3 Å². The van der Waals surface area contributed by atoms with Gasteiger partial charge in [0.15, 0.2) is 0 Å². The molecule has 1 N–H and O–H groups in total. The van der Waals surface area contributed by atoms with Gasteiger partial charge >= 0.3 is 5.97 Å². The summed E-state index contributed by atoms with van der Waals surface area (Å²) < 4.78 is 0. The van der Waals surface area contributed by atoms with Crippen molar-refractivity contribution in [2.75, 3.05) is 11.4 Å². The Labute approximate surface area is 100 Å². The Kier molecular flexibility index (Phi) is 3.01. The molecule has 88 valence electrons. The van der Waals surface area contributed by atoms with Crippen LogP contribution in [0.25, 0.3) is 0 Å². The van der Waals surface area contributed by atoms with Gasteiger partial charge in [0, 0.05) is 6.54 Å². The van der Waals surface area contributed by atoms with Crippen molar-refractivity contribution in [1.82, 2.24) is 0 Å². The largest absolute Gasteiger partial charge is 0.480 e. The molecule has 1 heterocycles. The van der Waals surface area contributed by atoms with E-state index in [0.29, 0.717) is 18.5 Å². The highest BCUT2D eigenvalue weighted by Crippen LogP contribution is 2.31. The van der Waals surface area contributed by atoms with Gasteiger partial charge in [-0.15, -0.1) is 0 Å². The first kappa shape index (κ1) is 11.5. The summed E-state index contributed by atoms with van der Waals surface area (Å²) in [5, 5.41) is 18.3. The minimum atomic E-state index is -0.811. The number of nitriles is 1. The number of aryl methyl sites for hydroxylation is 1. The Bertz CT molecular complexity index is 491. The lowest BCUT2D eigenvalue weighted by Gasteiger charge is -2.26. The van der Waals surface area contributed by atoms with Crippen LogP contribution in [-0.2, 0) is 4.79 Å². The molecule has 1 aliphatic heterocycles. The summed E-state index contributed by atoms with van der Waals surface area (Å²) in [7, 11) is 0. The van der Waals surface area contributed by atoms with Crippen LogP contribution >= 0.6 is 0 Å². The molecule has 4 nitrogen and oxygen atoms in total. The molecule has 4 heteroatoms. The van der Waals surface area contributed by atoms with E-state index in [1.165, 1.54) is 0 Å². The summed E-state index contributed by atoms with van der Waals surface area (Å²) in [5.74, 6) is -0.811. The standard InChI is InChI=1S/C13H14N2O2/c1-9-4-2-5-10(8-14)12(9)15-7-3-6-11(15)13(16)17/h2,4-5,11H,3,6-7H2,1H3,(H,16,17). The lowest BCUT2D eigenvalue weighted by molar-refractivity contribution is -0.138. The van der Waals surface area contributed by atoms with Gasteiger partial charge in [-0.25, -0.2) is 4.79 Å². The number of hydrogen-bond acceptors (Lipinski definition) is 3. The molecule has 1 aromatic rings. The van der Waals surface area contributed by atoms with Gasteiger partial charge in [-0.1, -0.05) is 12.1 Å². The summed E-state index contributed by atoms with van der Waals surface area (Å²) in [6, 6.07) is 7.11. The molecular formula is C13H14N2O2. The Morgan fingerprint density at radius 1 is 1.59 bits per heavy atom. The zero-order valence-corrected chi connectivity index (χ0v) is 9.68. The van der Waals surface area contributed by atoms with E-state index >= 15 is 0 Å². The third kappa shape index (κ3) is 1.96. The molecule has 1 aromatic carbocycles. The van der Waals surface area contributed by atoms with Crippen molar-refractivity contribution >= 4 is 11.7 Å². The van der Waals surface area contributed by atoms with Crippen molar-refractivity contribution in [2.45, 2.75) is 25.8 Å². The highest BCUT2D eigenvalue weighted by Gasteiger charge is 2.32. The van der Waals surface area contributed by atoms with E-state index in [2.05, 4.69) is 6.07 Å². The predicted molar refractivity (Wildman–Crippen MR) is 63.9 cm³/mol. The van der Waals surface area contributed by atoms with Gasteiger partial charge in [0.05, 0.1) is 11.3 Å². The number of para-hydroxylation sites is 1. The summed E-state index contributed by atoms with van der Waals surface area (Å²) >= 11 is 0. The molecule has 0 aromatic heterocycles. The van der Waals surface area contributed by atoms with E-state index in [4.69, 9.17) is 5.26 Å². The van der Waals surface area contributed by atoms with Gasteiger partial charge in [-0.2, -0.15) is 5.26 Å². The maximum Gasteiger partial charge on any atom is 0.326 e. The van der Waals surface area contributed by atoms with Crippen molar-refractivity contribution in [2.24, 2.45) is 0 Å². The first-order chi connectivity index (χ1) is 8.15. The van der Waals surface area contributed by atoms with Gasteiger partial charge in [0.1, 0.15) is 12.1 Å². The normalized spacial score (nSPS) is 19.1. The van der Waals surface area contributed by atoms with Gasteiger partial charge < -0.3 is 10.0 Å². The van der Waals surface area contributed by atoms with Crippen LogP contribution in [-0.4, -0.2) is 23.7 Å². The van der Waals surface area contributed by atoms with Crippen LogP contribution < -0.4 is 4.90 Å². The number of aliphatic carboxylic acids is 1. The second-order valence-corrected chi connectivity index (χ2v) is 4.27. The zero-order chi connectivity index (χ0) is 12.4. The van der Waals surface area contributed by atoms with Crippen molar-refractivity contribution in [3.05, 3.63) is 29.3 Å². The Balaban J connectivity index is 2.47. The average molecular weight is 230 g/mol. The molecular weight excluding hydrogens is 216 g/mol. The van der Waals surface area contributed by atoms with E-state index in [1.807, 2.05) is 24.0 Å². The number of benzene rings is 1. The molecule has 0 saturated carbocycles. The van der Waals surface area contributed by atoms with E-state index in [0.717, 1.165) is 17.7 Å². The fraction of sp³-hybridized carbons (Fsp3) is 0.385. The Morgan fingerprint density at radius 2 is 2.35 bits per heavy atom. The maximum atomic E-state index is 11.2. The Morgan fingerprint density at radius 3 is 3.00 bits per heavy atom. The number of hydrogen-bond donors (Lipinski definition) is 1. The second kappa shape index (κ2) is 4.46. The molecule has 1 unspecified atom stereocenters. The number of carboxylic acid groups (broad SMARTS) is 1. The van der Waals surface area contributed by atoms with Gasteiger partial charge in [0.2, 0.25) is 0 Å². The number of carboxylic acids is 1. The third-order valence-electron chi connectivity index (χ3n) is 3.18. The van der Waals surface area contributed by atoms with Crippen LogP contribution in [0.1, 0.15) is 24.0 Å². The molecule has 2 rings (SSSR count). The lowest BCUT2D eigenvalue weighted by Crippen LogP contribution is -2.36. The van der Waals surface area contributed by atoms with Gasteiger partial charge in [-0.3, -0.25) is 0 Å². The molecule has 1 fully saturated rings.